The van der Waals surface area contributed by atoms with Crippen molar-refractivity contribution in [3.05, 3.63) is 17.7 Å². The van der Waals surface area contributed by atoms with Gasteiger partial charge in [0.2, 0.25) is 0 Å². The maximum absolute atomic E-state index is 12.5. The fourth-order valence-corrected chi connectivity index (χ4v) is 0.844. The smallest absolute Gasteiger partial charge is 0.273 e. The van der Waals surface area contributed by atoms with Crippen LogP contribution in [0.5, 0.6) is 0 Å². The van der Waals surface area contributed by atoms with Gasteiger partial charge in [-0.05, 0) is 11.6 Å². The molecule has 0 fully saturated rings. The molecule has 0 saturated heterocycles. The molecule has 5 heteroatoms. The van der Waals surface area contributed by atoms with Crippen LogP contribution < -0.4 is 0 Å². The van der Waals surface area contributed by atoms with Gasteiger partial charge in [0.1, 0.15) is 0 Å². The summed E-state index contributed by atoms with van der Waals surface area (Å²) in [7, 11) is 1.44. The SMILES string of the molecule is Cn1ncc(F)c1C(=O)Cl. The summed E-state index contributed by atoms with van der Waals surface area (Å²) in [5.74, 6) is -0.692. The van der Waals surface area contributed by atoms with E-state index in [1.165, 1.54) is 7.05 Å². The summed E-state index contributed by atoms with van der Waals surface area (Å²) in [5.41, 5.74) is -0.207. The zero-order valence-electron chi connectivity index (χ0n) is 5.14. The van der Waals surface area contributed by atoms with Crippen molar-refractivity contribution >= 4 is 16.8 Å². The lowest BCUT2D eigenvalue weighted by Crippen LogP contribution is -2.02. The number of aromatic nitrogens is 2. The number of hydrogen-bond donors (Lipinski definition) is 0. The highest BCUT2D eigenvalue weighted by Crippen LogP contribution is 2.07. The van der Waals surface area contributed by atoms with Gasteiger partial charge in [0, 0.05) is 7.05 Å². The van der Waals surface area contributed by atoms with Crippen molar-refractivity contribution in [3.63, 3.8) is 0 Å². The number of aryl methyl sites for hydroxylation is 1. The Balaban J connectivity index is 3.23. The first-order valence-electron chi connectivity index (χ1n) is 2.50. The second kappa shape index (κ2) is 2.38. The highest BCUT2D eigenvalue weighted by atomic mass is 35.5. The third kappa shape index (κ3) is 1.02. The summed E-state index contributed by atoms with van der Waals surface area (Å²) in [6.45, 7) is 0. The van der Waals surface area contributed by atoms with Gasteiger partial charge in [-0.1, -0.05) is 0 Å². The van der Waals surface area contributed by atoms with Crippen molar-refractivity contribution in [3.8, 4) is 0 Å². The molecule has 0 aliphatic carbocycles. The average molecular weight is 163 g/mol. The van der Waals surface area contributed by atoms with Crippen LogP contribution in [0, 0.1) is 5.82 Å². The van der Waals surface area contributed by atoms with E-state index in [9.17, 15) is 9.18 Å². The first-order chi connectivity index (χ1) is 4.63. The molecular weight excluding hydrogens is 159 g/mol. The van der Waals surface area contributed by atoms with E-state index in [1.54, 1.807) is 0 Å². The first-order valence-corrected chi connectivity index (χ1v) is 2.88. The molecule has 0 aliphatic rings. The van der Waals surface area contributed by atoms with E-state index in [4.69, 9.17) is 11.6 Å². The number of nitrogens with zero attached hydrogens (tertiary/aromatic N) is 2. The largest absolute Gasteiger partial charge is 0.274 e. The van der Waals surface area contributed by atoms with E-state index in [-0.39, 0.29) is 5.69 Å². The second-order valence-electron chi connectivity index (χ2n) is 1.74. The monoisotopic (exact) mass is 162 g/mol. The van der Waals surface area contributed by atoms with Crippen molar-refractivity contribution in [1.29, 1.82) is 0 Å². The van der Waals surface area contributed by atoms with E-state index in [0.29, 0.717) is 0 Å². The molecule has 0 aliphatic heterocycles. The van der Waals surface area contributed by atoms with E-state index >= 15 is 0 Å². The normalized spacial score (nSPS) is 9.90. The Morgan fingerprint density at radius 3 is 2.70 bits per heavy atom. The van der Waals surface area contributed by atoms with Crippen molar-refractivity contribution in [1.82, 2.24) is 9.78 Å². The van der Waals surface area contributed by atoms with E-state index in [1.807, 2.05) is 0 Å². The molecule has 0 N–H and O–H groups in total. The standard InChI is InChI=1S/C5H4ClFN2O/c1-9-4(5(6)10)3(7)2-8-9/h2H,1H3. The van der Waals surface area contributed by atoms with Gasteiger partial charge in [0.25, 0.3) is 5.24 Å². The lowest BCUT2D eigenvalue weighted by atomic mass is 10.4. The fraction of sp³-hybridized carbons (Fsp3) is 0.200. The van der Waals surface area contributed by atoms with E-state index in [2.05, 4.69) is 5.10 Å². The van der Waals surface area contributed by atoms with Crippen LogP contribution >= 0.6 is 11.6 Å². The molecule has 0 saturated carbocycles. The zero-order chi connectivity index (χ0) is 7.72. The molecule has 1 rings (SSSR count). The van der Waals surface area contributed by atoms with Gasteiger partial charge in [0.15, 0.2) is 11.5 Å². The van der Waals surface area contributed by atoms with Crippen LogP contribution in [0.2, 0.25) is 0 Å². The lowest BCUT2D eigenvalue weighted by molar-refractivity contribution is 0.106. The van der Waals surface area contributed by atoms with Crippen LogP contribution in [0.1, 0.15) is 10.5 Å². The van der Waals surface area contributed by atoms with Gasteiger partial charge in [-0.15, -0.1) is 0 Å². The zero-order valence-corrected chi connectivity index (χ0v) is 5.89. The van der Waals surface area contributed by atoms with Gasteiger partial charge >= 0.3 is 0 Å². The van der Waals surface area contributed by atoms with Gasteiger partial charge in [0.05, 0.1) is 6.20 Å². The van der Waals surface area contributed by atoms with Gasteiger partial charge in [-0.2, -0.15) is 5.10 Å². The Hall–Kier alpha value is -0.900. The predicted molar refractivity (Wildman–Crippen MR) is 33.3 cm³/mol. The van der Waals surface area contributed by atoms with Crippen molar-refractivity contribution in [2.24, 2.45) is 7.05 Å². The number of carbonyl (C=O) groups excluding carboxylic acids is 1. The number of halogens is 2. The number of carbonyl (C=O) groups is 1. The summed E-state index contributed by atoms with van der Waals surface area (Å²) in [4.78, 5) is 10.4. The fourth-order valence-electron chi connectivity index (χ4n) is 0.632. The Morgan fingerprint density at radius 2 is 2.50 bits per heavy atom. The highest BCUT2D eigenvalue weighted by Gasteiger charge is 2.13. The van der Waals surface area contributed by atoms with Crippen molar-refractivity contribution < 1.29 is 9.18 Å². The van der Waals surface area contributed by atoms with Crippen molar-refractivity contribution in [2.45, 2.75) is 0 Å². The molecule has 0 unspecified atom stereocenters. The van der Waals surface area contributed by atoms with Gasteiger partial charge in [-0.3, -0.25) is 9.48 Å². The summed E-state index contributed by atoms with van der Waals surface area (Å²) in [5, 5.41) is 2.64. The Labute approximate surface area is 61.4 Å². The first kappa shape index (κ1) is 7.21. The molecule has 1 heterocycles. The molecule has 0 spiro atoms. The lowest BCUT2D eigenvalue weighted by Gasteiger charge is -1.91. The van der Waals surface area contributed by atoms with Gasteiger partial charge < -0.3 is 0 Å². The minimum absolute atomic E-state index is 0.207. The van der Waals surface area contributed by atoms with Crippen molar-refractivity contribution in [2.75, 3.05) is 0 Å². The average Bonchev–Trinajstić information content (AvgIpc) is 2.11. The van der Waals surface area contributed by atoms with E-state index in [0.717, 1.165) is 10.9 Å². The topological polar surface area (TPSA) is 34.9 Å². The van der Waals surface area contributed by atoms with Crippen LogP contribution in [0.25, 0.3) is 0 Å². The second-order valence-corrected chi connectivity index (χ2v) is 2.08. The summed E-state index contributed by atoms with van der Waals surface area (Å²) >= 11 is 5.02. The number of hydrogen-bond acceptors (Lipinski definition) is 2. The highest BCUT2D eigenvalue weighted by molar-refractivity contribution is 6.67. The molecule has 10 heavy (non-hydrogen) atoms. The molecule has 0 radical (unpaired) electrons. The maximum atomic E-state index is 12.5. The number of rotatable bonds is 1. The third-order valence-corrected chi connectivity index (χ3v) is 1.26. The van der Waals surface area contributed by atoms with E-state index < -0.39 is 11.1 Å². The molecule has 0 amide bonds. The Kier molecular flexibility index (Phi) is 1.72. The predicted octanol–water partition coefficient (Wildman–Crippen LogP) is 0.938. The molecular formula is C5H4ClFN2O. The third-order valence-electron chi connectivity index (χ3n) is 1.08. The Bertz CT molecular complexity index is 251. The van der Waals surface area contributed by atoms with Crippen LogP contribution in [0.15, 0.2) is 6.20 Å². The molecule has 54 valence electrons. The summed E-state index contributed by atoms with van der Waals surface area (Å²) in [6.07, 6.45) is 0.940. The summed E-state index contributed by atoms with van der Waals surface area (Å²) in [6, 6.07) is 0. The molecule has 0 atom stereocenters. The molecule has 1 aromatic rings. The summed E-state index contributed by atoms with van der Waals surface area (Å²) < 4.78 is 13.6. The Morgan fingerprint density at radius 1 is 1.90 bits per heavy atom. The molecule has 3 nitrogen and oxygen atoms in total. The van der Waals surface area contributed by atoms with Crippen LogP contribution in [0.4, 0.5) is 4.39 Å². The minimum Gasteiger partial charge on any atom is -0.274 e. The maximum Gasteiger partial charge on any atom is 0.273 e. The molecule has 0 bridgehead atoms. The quantitative estimate of drug-likeness (QED) is 0.576. The van der Waals surface area contributed by atoms with Gasteiger partial charge in [-0.25, -0.2) is 4.39 Å². The van der Waals surface area contributed by atoms with Crippen LogP contribution in [-0.4, -0.2) is 15.0 Å². The van der Waals surface area contributed by atoms with Crippen LogP contribution in [0.3, 0.4) is 0 Å². The molecule has 1 aromatic heterocycles. The van der Waals surface area contributed by atoms with Crippen LogP contribution in [-0.2, 0) is 7.05 Å². The molecule has 0 aromatic carbocycles. The minimum atomic E-state index is -0.836.